The standard InChI is InChI=1S/C13H11BF3N4O/c1-21-19-12(18-20-21)8-22-11-7-6-9-4-2-3-5-10(9)13(11)14(15,16)17/h2-7H,8H2,1H3/q-1. The second kappa shape index (κ2) is 5.32. The summed E-state index contributed by atoms with van der Waals surface area (Å²) in [5, 5.41) is 11.8. The lowest BCUT2D eigenvalue weighted by Gasteiger charge is -2.22. The molecule has 9 heteroatoms. The van der Waals surface area contributed by atoms with Crippen LogP contribution in [0.15, 0.2) is 36.4 Å². The first-order valence-corrected chi connectivity index (χ1v) is 6.52. The van der Waals surface area contributed by atoms with Crippen molar-refractivity contribution in [2.24, 2.45) is 7.05 Å². The molecule has 1 heterocycles. The Morgan fingerprint density at radius 2 is 1.91 bits per heavy atom. The van der Waals surface area contributed by atoms with E-state index in [-0.39, 0.29) is 23.6 Å². The monoisotopic (exact) mass is 307 g/mol. The maximum Gasteiger partial charge on any atom is 0.513 e. The molecule has 0 amide bonds. The Labute approximate surface area is 123 Å². The van der Waals surface area contributed by atoms with Crippen LogP contribution >= 0.6 is 0 Å². The molecule has 1 aromatic heterocycles. The van der Waals surface area contributed by atoms with Crippen molar-refractivity contribution in [1.29, 1.82) is 0 Å². The van der Waals surface area contributed by atoms with Crippen LogP contribution in [-0.2, 0) is 13.7 Å². The number of aromatic nitrogens is 4. The molecule has 0 aliphatic carbocycles. The summed E-state index contributed by atoms with van der Waals surface area (Å²) < 4.78 is 45.6. The molecule has 0 radical (unpaired) electrons. The van der Waals surface area contributed by atoms with Crippen molar-refractivity contribution in [3.05, 3.63) is 42.2 Å². The molecular weight excluding hydrogens is 296 g/mol. The highest BCUT2D eigenvalue weighted by Crippen LogP contribution is 2.25. The van der Waals surface area contributed by atoms with Crippen molar-refractivity contribution >= 4 is 23.2 Å². The summed E-state index contributed by atoms with van der Waals surface area (Å²) in [5.41, 5.74) is -0.734. The third-order valence-corrected chi connectivity index (χ3v) is 3.16. The number of tetrazole rings is 1. The molecule has 2 aromatic carbocycles. The van der Waals surface area contributed by atoms with Crippen LogP contribution in [0.2, 0.25) is 0 Å². The smallest absolute Gasteiger partial charge is 0.488 e. The summed E-state index contributed by atoms with van der Waals surface area (Å²) >= 11 is 0. The molecule has 0 saturated heterocycles. The number of nitrogens with zero attached hydrogens (tertiary/aromatic N) is 4. The zero-order chi connectivity index (χ0) is 15.7. The Bertz CT molecular complexity index is 818. The fraction of sp³-hybridized carbons (Fsp3) is 0.154. The normalized spacial score (nSPS) is 11.8. The molecule has 3 aromatic rings. The molecule has 0 saturated carbocycles. The van der Waals surface area contributed by atoms with Crippen molar-refractivity contribution in [1.82, 2.24) is 20.2 Å². The van der Waals surface area contributed by atoms with E-state index in [9.17, 15) is 12.9 Å². The number of fused-ring (bicyclic) bond motifs is 1. The summed E-state index contributed by atoms with van der Waals surface area (Å²) in [6, 6.07) is 9.26. The quantitative estimate of drug-likeness (QED) is 0.692. The van der Waals surface area contributed by atoms with Gasteiger partial charge in [0.15, 0.2) is 6.61 Å². The van der Waals surface area contributed by atoms with E-state index < -0.39 is 12.4 Å². The van der Waals surface area contributed by atoms with E-state index in [1.807, 2.05) is 0 Å². The van der Waals surface area contributed by atoms with Crippen molar-refractivity contribution in [3.63, 3.8) is 0 Å². The number of rotatable bonds is 4. The van der Waals surface area contributed by atoms with Crippen LogP contribution in [0.4, 0.5) is 12.9 Å². The largest absolute Gasteiger partial charge is 0.513 e. The molecule has 0 atom stereocenters. The SMILES string of the molecule is Cn1nnc(COc2ccc3ccccc3c2[B-](F)(F)F)n1. The molecule has 0 aliphatic rings. The fourth-order valence-corrected chi connectivity index (χ4v) is 2.26. The lowest BCUT2D eigenvalue weighted by molar-refractivity contribution is 0.296. The van der Waals surface area contributed by atoms with Crippen molar-refractivity contribution in [2.75, 3.05) is 0 Å². The average molecular weight is 307 g/mol. The molecule has 114 valence electrons. The Hall–Kier alpha value is -2.58. The fourth-order valence-electron chi connectivity index (χ4n) is 2.26. The molecule has 0 unspecified atom stereocenters. The Kier molecular flexibility index (Phi) is 3.47. The van der Waals surface area contributed by atoms with Gasteiger partial charge in [0.1, 0.15) is 0 Å². The van der Waals surface area contributed by atoms with E-state index in [4.69, 9.17) is 4.74 Å². The van der Waals surface area contributed by atoms with Gasteiger partial charge in [0.2, 0.25) is 5.82 Å². The molecule has 0 N–H and O–H groups in total. The van der Waals surface area contributed by atoms with Crippen LogP contribution in [0.1, 0.15) is 5.82 Å². The Morgan fingerprint density at radius 3 is 2.59 bits per heavy atom. The predicted octanol–water partition coefficient (Wildman–Crippen LogP) is 2.00. The number of benzene rings is 2. The van der Waals surface area contributed by atoms with E-state index in [0.717, 1.165) is 0 Å². The van der Waals surface area contributed by atoms with Gasteiger partial charge in [0.25, 0.3) is 0 Å². The minimum Gasteiger partial charge on any atom is -0.488 e. The summed E-state index contributed by atoms with van der Waals surface area (Å²) in [4.78, 5) is 1.22. The van der Waals surface area contributed by atoms with E-state index in [2.05, 4.69) is 15.4 Å². The Morgan fingerprint density at radius 1 is 1.14 bits per heavy atom. The van der Waals surface area contributed by atoms with Crippen molar-refractivity contribution < 1.29 is 17.7 Å². The molecule has 0 bridgehead atoms. The Balaban J connectivity index is 2.01. The summed E-state index contributed by atoms with van der Waals surface area (Å²) in [6.45, 7) is -5.39. The summed E-state index contributed by atoms with van der Waals surface area (Å²) in [5.74, 6) is -0.00469. The van der Waals surface area contributed by atoms with Crippen molar-refractivity contribution in [3.8, 4) is 5.75 Å². The van der Waals surface area contributed by atoms with Gasteiger partial charge < -0.3 is 17.7 Å². The zero-order valence-electron chi connectivity index (χ0n) is 11.6. The minimum absolute atomic E-state index is 0.125. The minimum atomic E-state index is -5.21. The lowest BCUT2D eigenvalue weighted by atomic mass is 9.76. The van der Waals surface area contributed by atoms with Gasteiger partial charge >= 0.3 is 6.98 Å². The molecule has 0 spiro atoms. The molecule has 5 nitrogen and oxygen atoms in total. The van der Waals surface area contributed by atoms with Gasteiger partial charge in [-0.2, -0.15) is 4.80 Å². The summed E-state index contributed by atoms with van der Waals surface area (Å²) in [6.07, 6.45) is 0. The maximum absolute atomic E-state index is 13.4. The van der Waals surface area contributed by atoms with E-state index in [1.165, 1.54) is 16.9 Å². The molecular formula is C13H11BF3N4O-. The van der Waals surface area contributed by atoms with Gasteiger partial charge in [-0.15, -0.1) is 10.2 Å². The second-order valence-corrected chi connectivity index (χ2v) is 4.76. The first-order valence-electron chi connectivity index (χ1n) is 6.52. The number of hydrogen-bond acceptors (Lipinski definition) is 4. The second-order valence-electron chi connectivity index (χ2n) is 4.76. The average Bonchev–Trinajstić information content (AvgIpc) is 2.89. The zero-order valence-corrected chi connectivity index (χ0v) is 11.6. The third kappa shape index (κ3) is 2.74. The van der Waals surface area contributed by atoms with Crippen LogP contribution in [0.25, 0.3) is 10.8 Å². The van der Waals surface area contributed by atoms with Gasteiger partial charge in [0.05, 0.1) is 12.8 Å². The van der Waals surface area contributed by atoms with Crippen LogP contribution < -0.4 is 10.2 Å². The van der Waals surface area contributed by atoms with Crippen LogP contribution in [-0.4, -0.2) is 27.2 Å². The highest BCUT2D eigenvalue weighted by atomic mass is 19.4. The van der Waals surface area contributed by atoms with Crippen LogP contribution in [0.5, 0.6) is 5.75 Å². The summed E-state index contributed by atoms with van der Waals surface area (Å²) in [7, 11) is 1.57. The van der Waals surface area contributed by atoms with Gasteiger partial charge in [-0.1, -0.05) is 35.8 Å². The number of halogens is 3. The van der Waals surface area contributed by atoms with Crippen LogP contribution in [0, 0.1) is 0 Å². The third-order valence-electron chi connectivity index (χ3n) is 3.16. The highest BCUT2D eigenvalue weighted by molar-refractivity contribution is 6.76. The highest BCUT2D eigenvalue weighted by Gasteiger charge is 2.31. The van der Waals surface area contributed by atoms with Gasteiger partial charge in [-0.25, -0.2) is 0 Å². The molecule has 3 rings (SSSR count). The first-order chi connectivity index (χ1) is 10.4. The van der Waals surface area contributed by atoms with Gasteiger partial charge in [0, 0.05) is 0 Å². The molecule has 0 aliphatic heterocycles. The van der Waals surface area contributed by atoms with Crippen LogP contribution in [0.3, 0.4) is 0 Å². The van der Waals surface area contributed by atoms with Crippen molar-refractivity contribution in [2.45, 2.75) is 6.61 Å². The molecule has 22 heavy (non-hydrogen) atoms. The lowest BCUT2D eigenvalue weighted by Crippen LogP contribution is -2.36. The maximum atomic E-state index is 13.4. The topological polar surface area (TPSA) is 52.8 Å². The van der Waals surface area contributed by atoms with E-state index in [0.29, 0.717) is 5.39 Å². The van der Waals surface area contributed by atoms with Gasteiger partial charge in [-0.3, -0.25) is 0 Å². The predicted molar refractivity (Wildman–Crippen MR) is 75.8 cm³/mol. The molecule has 0 fully saturated rings. The van der Waals surface area contributed by atoms with E-state index >= 15 is 0 Å². The first kappa shape index (κ1) is 14.4. The number of aryl methyl sites for hydroxylation is 1. The number of hydrogen-bond donors (Lipinski definition) is 0. The van der Waals surface area contributed by atoms with Gasteiger partial charge in [-0.05, 0) is 22.1 Å². The number of ether oxygens (including phenoxy) is 1. The van der Waals surface area contributed by atoms with E-state index in [1.54, 1.807) is 31.3 Å².